The number of hydrogen-bond donors (Lipinski definition) is 1. The Morgan fingerprint density at radius 2 is 1.57 bits per heavy atom. The number of aliphatic hydroxyl groups excluding tert-OH is 1. The Hall–Kier alpha value is -3.18. The van der Waals surface area contributed by atoms with Crippen LogP contribution in [0, 0.1) is 19.7 Å². The van der Waals surface area contributed by atoms with E-state index in [4.69, 9.17) is 9.47 Å². The number of carbonyl (C=O) groups is 1. The first-order chi connectivity index (χ1) is 13.5. The molecule has 0 unspecified atom stereocenters. The van der Waals surface area contributed by atoms with Crippen molar-refractivity contribution in [1.29, 1.82) is 0 Å². The summed E-state index contributed by atoms with van der Waals surface area (Å²) in [4.78, 5) is 12.8. The van der Waals surface area contributed by atoms with Crippen LogP contribution in [0.3, 0.4) is 0 Å². The fraction of sp³-hybridized carbons (Fsp3) is 0.174. The molecule has 0 aromatic heterocycles. The summed E-state index contributed by atoms with van der Waals surface area (Å²) in [5.74, 6) is -0.775. The highest BCUT2D eigenvalue weighted by Gasteiger charge is 2.26. The van der Waals surface area contributed by atoms with Crippen LogP contribution in [0.1, 0.15) is 32.6 Å². The number of rotatable bonds is 6. The van der Waals surface area contributed by atoms with Gasteiger partial charge in [-0.1, -0.05) is 48.5 Å². The molecule has 4 nitrogen and oxygen atoms in total. The van der Waals surface area contributed by atoms with Crippen molar-refractivity contribution in [1.82, 2.24) is 0 Å². The SMILES string of the molecule is Cc1c(CO)c(F)c(C)c(C(=O)Oc2ccccc2)c1OCc1ccccc1. The van der Waals surface area contributed by atoms with E-state index in [1.54, 1.807) is 37.3 Å². The molecule has 0 fully saturated rings. The van der Waals surface area contributed by atoms with Gasteiger partial charge in [-0.25, -0.2) is 9.18 Å². The molecule has 3 aromatic carbocycles. The summed E-state index contributed by atoms with van der Waals surface area (Å²) in [5.41, 5.74) is 1.49. The van der Waals surface area contributed by atoms with Crippen molar-refractivity contribution in [3.05, 3.63) is 94.3 Å². The number of para-hydroxylation sites is 1. The van der Waals surface area contributed by atoms with Crippen LogP contribution in [-0.2, 0) is 13.2 Å². The predicted molar refractivity (Wildman–Crippen MR) is 104 cm³/mol. The highest BCUT2D eigenvalue weighted by Crippen LogP contribution is 2.34. The molecule has 0 aliphatic heterocycles. The summed E-state index contributed by atoms with van der Waals surface area (Å²) in [6.45, 7) is 2.80. The topological polar surface area (TPSA) is 55.8 Å². The summed E-state index contributed by atoms with van der Waals surface area (Å²) in [6, 6.07) is 18.0. The van der Waals surface area contributed by atoms with Gasteiger partial charge in [0.2, 0.25) is 0 Å². The number of halogens is 1. The number of benzene rings is 3. The Morgan fingerprint density at radius 3 is 2.18 bits per heavy atom. The molecule has 0 heterocycles. The smallest absolute Gasteiger partial charge is 0.347 e. The molecule has 0 saturated heterocycles. The van der Waals surface area contributed by atoms with Gasteiger partial charge in [0.1, 0.15) is 29.5 Å². The van der Waals surface area contributed by atoms with Gasteiger partial charge in [0, 0.05) is 16.7 Å². The zero-order chi connectivity index (χ0) is 20.1. The van der Waals surface area contributed by atoms with Crippen LogP contribution in [0.4, 0.5) is 4.39 Å². The normalized spacial score (nSPS) is 10.6. The van der Waals surface area contributed by atoms with Crippen LogP contribution in [0.5, 0.6) is 11.5 Å². The Kier molecular flexibility index (Phi) is 6.06. The van der Waals surface area contributed by atoms with Gasteiger partial charge in [-0.3, -0.25) is 0 Å². The maximum atomic E-state index is 14.7. The summed E-state index contributed by atoms with van der Waals surface area (Å²) in [5, 5.41) is 9.59. The zero-order valence-electron chi connectivity index (χ0n) is 15.7. The molecular weight excluding hydrogens is 359 g/mol. The third-order valence-electron chi connectivity index (χ3n) is 4.53. The molecule has 1 N–H and O–H groups in total. The van der Waals surface area contributed by atoms with Crippen LogP contribution >= 0.6 is 0 Å². The van der Waals surface area contributed by atoms with E-state index in [2.05, 4.69) is 0 Å². The molecule has 0 radical (unpaired) electrons. The van der Waals surface area contributed by atoms with Gasteiger partial charge in [0.05, 0.1) is 6.61 Å². The average Bonchev–Trinajstić information content (AvgIpc) is 2.71. The summed E-state index contributed by atoms with van der Waals surface area (Å²) >= 11 is 0. The minimum absolute atomic E-state index is 0.0204. The van der Waals surface area contributed by atoms with Gasteiger partial charge in [0.25, 0.3) is 0 Å². The molecule has 0 bridgehead atoms. The third-order valence-corrected chi connectivity index (χ3v) is 4.53. The maximum Gasteiger partial charge on any atom is 0.347 e. The van der Waals surface area contributed by atoms with Gasteiger partial charge in [0.15, 0.2) is 0 Å². The van der Waals surface area contributed by atoms with E-state index in [1.807, 2.05) is 30.3 Å². The lowest BCUT2D eigenvalue weighted by molar-refractivity contribution is 0.0727. The van der Waals surface area contributed by atoms with Crippen molar-refractivity contribution in [2.24, 2.45) is 0 Å². The summed E-state index contributed by atoms with van der Waals surface area (Å²) in [6.07, 6.45) is 0. The van der Waals surface area contributed by atoms with Crippen LogP contribution in [0.15, 0.2) is 60.7 Å². The first-order valence-electron chi connectivity index (χ1n) is 8.89. The molecule has 5 heteroatoms. The Bertz CT molecular complexity index is 969. The Balaban J connectivity index is 2.02. The van der Waals surface area contributed by atoms with Crippen molar-refractivity contribution in [3.8, 4) is 11.5 Å². The van der Waals surface area contributed by atoms with Crippen LogP contribution in [0.25, 0.3) is 0 Å². The van der Waals surface area contributed by atoms with Crippen molar-refractivity contribution in [2.45, 2.75) is 27.1 Å². The fourth-order valence-electron chi connectivity index (χ4n) is 2.99. The largest absolute Gasteiger partial charge is 0.488 e. The number of esters is 1. The molecule has 0 spiro atoms. The number of aliphatic hydroxyl groups is 1. The molecule has 3 aromatic rings. The molecule has 28 heavy (non-hydrogen) atoms. The second-order valence-corrected chi connectivity index (χ2v) is 6.38. The summed E-state index contributed by atoms with van der Waals surface area (Å²) in [7, 11) is 0. The third kappa shape index (κ3) is 4.05. The van der Waals surface area contributed by atoms with Crippen molar-refractivity contribution >= 4 is 5.97 Å². The van der Waals surface area contributed by atoms with Gasteiger partial charge in [-0.05, 0) is 31.5 Å². The zero-order valence-corrected chi connectivity index (χ0v) is 15.7. The van der Waals surface area contributed by atoms with Crippen molar-refractivity contribution in [2.75, 3.05) is 0 Å². The molecular formula is C23H21FO4. The number of ether oxygens (including phenoxy) is 2. The van der Waals surface area contributed by atoms with Crippen LogP contribution < -0.4 is 9.47 Å². The van der Waals surface area contributed by atoms with Crippen LogP contribution in [-0.4, -0.2) is 11.1 Å². The Labute approximate surface area is 163 Å². The van der Waals surface area contributed by atoms with E-state index < -0.39 is 18.4 Å². The van der Waals surface area contributed by atoms with Crippen molar-refractivity contribution in [3.63, 3.8) is 0 Å². The second-order valence-electron chi connectivity index (χ2n) is 6.38. The van der Waals surface area contributed by atoms with E-state index in [0.717, 1.165) is 5.56 Å². The van der Waals surface area contributed by atoms with E-state index in [1.165, 1.54) is 6.92 Å². The lowest BCUT2D eigenvalue weighted by Crippen LogP contribution is -2.16. The standard InChI is InChI=1S/C23H21FO4/c1-15-19(13-25)21(24)16(2)20(23(26)28-18-11-7-4-8-12-18)22(15)27-14-17-9-5-3-6-10-17/h3-12,25H,13-14H2,1-2H3. The summed E-state index contributed by atoms with van der Waals surface area (Å²) < 4.78 is 26.1. The number of carbonyl (C=O) groups excluding carboxylic acids is 1. The van der Waals surface area contributed by atoms with Gasteiger partial charge < -0.3 is 14.6 Å². The lowest BCUT2D eigenvalue weighted by Gasteiger charge is -2.19. The average molecular weight is 380 g/mol. The molecule has 0 aliphatic carbocycles. The molecule has 0 atom stereocenters. The minimum Gasteiger partial charge on any atom is -0.488 e. The minimum atomic E-state index is -0.710. The maximum absolute atomic E-state index is 14.7. The predicted octanol–water partition coefficient (Wildman–Crippen LogP) is 4.73. The second kappa shape index (κ2) is 8.67. The van der Waals surface area contributed by atoms with Gasteiger partial charge in [-0.2, -0.15) is 0 Å². The first-order valence-corrected chi connectivity index (χ1v) is 8.89. The monoisotopic (exact) mass is 380 g/mol. The molecule has 3 rings (SSSR count). The molecule has 0 saturated carbocycles. The van der Waals surface area contributed by atoms with Gasteiger partial charge in [-0.15, -0.1) is 0 Å². The molecule has 0 amide bonds. The first kappa shape index (κ1) is 19.6. The fourth-order valence-corrected chi connectivity index (χ4v) is 2.99. The van der Waals surface area contributed by atoms with Crippen molar-refractivity contribution < 1.29 is 23.8 Å². The molecule has 144 valence electrons. The van der Waals surface area contributed by atoms with E-state index in [0.29, 0.717) is 11.3 Å². The van der Waals surface area contributed by atoms with E-state index >= 15 is 0 Å². The number of hydrogen-bond acceptors (Lipinski definition) is 4. The highest BCUT2D eigenvalue weighted by molar-refractivity contribution is 5.96. The quantitative estimate of drug-likeness (QED) is 0.496. The van der Waals surface area contributed by atoms with E-state index in [9.17, 15) is 14.3 Å². The van der Waals surface area contributed by atoms with Crippen LogP contribution in [0.2, 0.25) is 0 Å². The highest BCUT2D eigenvalue weighted by atomic mass is 19.1. The van der Waals surface area contributed by atoms with Gasteiger partial charge >= 0.3 is 5.97 Å². The Morgan fingerprint density at radius 1 is 0.964 bits per heavy atom. The molecule has 0 aliphatic rings. The van der Waals surface area contributed by atoms with E-state index in [-0.39, 0.29) is 29.0 Å². The lowest BCUT2D eigenvalue weighted by atomic mass is 9.97.